The van der Waals surface area contributed by atoms with Crippen molar-refractivity contribution in [3.8, 4) is 0 Å². The highest BCUT2D eigenvalue weighted by molar-refractivity contribution is 5.97. The van der Waals surface area contributed by atoms with Crippen LogP contribution in [0.25, 0.3) is 11.0 Å². The van der Waals surface area contributed by atoms with E-state index in [1.54, 1.807) is 16.8 Å². The Morgan fingerprint density at radius 1 is 1.35 bits per heavy atom. The molecule has 1 aromatic carbocycles. The lowest BCUT2D eigenvalue weighted by molar-refractivity contribution is 0.0868. The fourth-order valence-corrected chi connectivity index (χ4v) is 2.67. The number of fused-ring (bicyclic) bond motifs is 1. The first-order valence-corrected chi connectivity index (χ1v) is 6.92. The second kappa shape index (κ2) is 5.20. The maximum atomic E-state index is 12.2. The Morgan fingerprint density at radius 2 is 2.10 bits per heavy atom. The molecule has 0 saturated heterocycles. The first-order valence-electron chi connectivity index (χ1n) is 6.92. The molecule has 0 atom stereocenters. The fourth-order valence-electron chi connectivity index (χ4n) is 2.67. The summed E-state index contributed by atoms with van der Waals surface area (Å²) in [6, 6.07) is 5.56. The molecule has 1 amide bonds. The molecule has 106 valence electrons. The zero-order chi connectivity index (χ0) is 14.1. The zero-order valence-electron chi connectivity index (χ0n) is 11.4. The molecule has 2 N–H and O–H groups in total. The van der Waals surface area contributed by atoms with Crippen molar-refractivity contribution < 1.29 is 9.90 Å². The fraction of sp³-hybridized carbons (Fsp3) is 0.500. The maximum Gasteiger partial charge on any atom is 0.251 e. The number of aliphatic hydroxyl groups excluding tert-OH is 1. The van der Waals surface area contributed by atoms with E-state index < -0.39 is 0 Å². The molecule has 20 heavy (non-hydrogen) atoms. The van der Waals surface area contributed by atoms with Crippen LogP contribution in [0.5, 0.6) is 0 Å². The number of carbonyl (C=O) groups excluding carboxylic acids is 1. The number of nitrogens with one attached hydrogen (secondary N) is 1. The highest BCUT2D eigenvalue weighted by Crippen LogP contribution is 2.19. The van der Waals surface area contributed by atoms with Crippen LogP contribution >= 0.6 is 0 Å². The van der Waals surface area contributed by atoms with Crippen molar-refractivity contribution in [3.63, 3.8) is 0 Å². The topological polar surface area (TPSA) is 80.0 Å². The zero-order valence-corrected chi connectivity index (χ0v) is 11.4. The number of aryl methyl sites for hydroxylation is 1. The third kappa shape index (κ3) is 2.51. The van der Waals surface area contributed by atoms with Crippen molar-refractivity contribution in [2.24, 2.45) is 7.05 Å². The summed E-state index contributed by atoms with van der Waals surface area (Å²) in [5.41, 5.74) is 2.23. The quantitative estimate of drug-likeness (QED) is 0.856. The number of hydrogen-bond donors (Lipinski definition) is 2. The third-order valence-corrected chi connectivity index (χ3v) is 3.90. The molecule has 0 aliphatic heterocycles. The first-order chi connectivity index (χ1) is 9.63. The van der Waals surface area contributed by atoms with Gasteiger partial charge in [0, 0.05) is 18.7 Å². The predicted octanol–water partition coefficient (Wildman–Crippen LogP) is 1.00. The molecule has 6 nitrogen and oxygen atoms in total. The van der Waals surface area contributed by atoms with Gasteiger partial charge in [0.2, 0.25) is 0 Å². The number of carbonyl (C=O) groups is 1. The van der Waals surface area contributed by atoms with E-state index in [1.807, 2.05) is 13.1 Å². The minimum absolute atomic E-state index is 0.0843. The van der Waals surface area contributed by atoms with Gasteiger partial charge in [-0.15, -0.1) is 5.10 Å². The molecule has 6 heteroatoms. The molecular formula is C14H18N4O2. The molecule has 1 saturated carbocycles. The number of aromatic nitrogens is 3. The summed E-state index contributed by atoms with van der Waals surface area (Å²) in [4.78, 5) is 12.2. The molecule has 1 fully saturated rings. The van der Waals surface area contributed by atoms with Crippen molar-refractivity contribution in [2.75, 3.05) is 0 Å². The van der Waals surface area contributed by atoms with Gasteiger partial charge in [0.25, 0.3) is 5.91 Å². The number of hydrogen-bond acceptors (Lipinski definition) is 4. The monoisotopic (exact) mass is 274 g/mol. The van der Waals surface area contributed by atoms with Gasteiger partial charge in [0.05, 0.1) is 11.6 Å². The number of amides is 1. The van der Waals surface area contributed by atoms with Crippen LogP contribution < -0.4 is 5.32 Å². The second-order valence-electron chi connectivity index (χ2n) is 5.40. The Kier molecular flexibility index (Phi) is 3.40. The average Bonchev–Trinajstić information content (AvgIpc) is 2.82. The van der Waals surface area contributed by atoms with E-state index in [4.69, 9.17) is 0 Å². The molecule has 0 radical (unpaired) electrons. The van der Waals surface area contributed by atoms with Gasteiger partial charge in [-0.1, -0.05) is 5.21 Å². The summed E-state index contributed by atoms with van der Waals surface area (Å²) in [5.74, 6) is -0.0843. The largest absolute Gasteiger partial charge is 0.393 e. The molecule has 0 spiro atoms. The standard InChI is InChI=1S/C14H18N4O2/c1-18-13-7-2-9(8-12(13)16-17-18)14(20)15-10-3-5-11(19)6-4-10/h2,7-8,10-11,19H,3-6H2,1H3,(H,15,20). The molecule has 0 unspecified atom stereocenters. The van der Waals surface area contributed by atoms with Crippen LogP contribution in [0.2, 0.25) is 0 Å². The summed E-state index contributed by atoms with van der Waals surface area (Å²) < 4.78 is 1.68. The van der Waals surface area contributed by atoms with Gasteiger partial charge in [0.15, 0.2) is 0 Å². The molecule has 1 aliphatic carbocycles. The Hall–Kier alpha value is -1.95. The first kappa shape index (κ1) is 13.1. The molecule has 1 aliphatic rings. The van der Waals surface area contributed by atoms with E-state index in [0.717, 1.165) is 36.7 Å². The van der Waals surface area contributed by atoms with Gasteiger partial charge >= 0.3 is 0 Å². The second-order valence-corrected chi connectivity index (χ2v) is 5.40. The van der Waals surface area contributed by atoms with Gasteiger partial charge in [-0.2, -0.15) is 0 Å². The van der Waals surface area contributed by atoms with E-state index in [2.05, 4.69) is 15.6 Å². The van der Waals surface area contributed by atoms with Crippen LogP contribution in [0.1, 0.15) is 36.0 Å². The Labute approximate surface area is 116 Å². The van der Waals surface area contributed by atoms with E-state index >= 15 is 0 Å². The SMILES string of the molecule is Cn1nnc2cc(C(=O)NC3CCC(O)CC3)ccc21. The van der Waals surface area contributed by atoms with Gasteiger partial charge in [-0.3, -0.25) is 4.79 Å². The lowest BCUT2D eigenvalue weighted by atomic mass is 9.93. The van der Waals surface area contributed by atoms with E-state index in [9.17, 15) is 9.90 Å². The van der Waals surface area contributed by atoms with Crippen LogP contribution in [0.4, 0.5) is 0 Å². The van der Waals surface area contributed by atoms with Crippen LogP contribution in [0, 0.1) is 0 Å². The maximum absolute atomic E-state index is 12.2. The lowest BCUT2D eigenvalue weighted by Crippen LogP contribution is -2.38. The van der Waals surface area contributed by atoms with Crippen molar-refractivity contribution in [1.29, 1.82) is 0 Å². The molecule has 3 rings (SSSR count). The summed E-state index contributed by atoms with van der Waals surface area (Å²) in [5, 5.41) is 20.4. The Balaban J connectivity index is 1.72. The lowest BCUT2D eigenvalue weighted by Gasteiger charge is -2.26. The van der Waals surface area contributed by atoms with E-state index in [0.29, 0.717) is 5.56 Å². The summed E-state index contributed by atoms with van der Waals surface area (Å²) in [7, 11) is 1.82. The molecule has 1 aromatic heterocycles. The van der Waals surface area contributed by atoms with E-state index in [1.165, 1.54) is 0 Å². The van der Waals surface area contributed by atoms with Gasteiger partial charge in [0.1, 0.15) is 5.52 Å². The molecule has 0 bridgehead atoms. The minimum Gasteiger partial charge on any atom is -0.393 e. The van der Waals surface area contributed by atoms with E-state index in [-0.39, 0.29) is 18.1 Å². The van der Waals surface area contributed by atoms with Gasteiger partial charge < -0.3 is 10.4 Å². The summed E-state index contributed by atoms with van der Waals surface area (Å²) in [6.07, 6.45) is 2.97. The van der Waals surface area contributed by atoms with Crippen LogP contribution in [-0.4, -0.2) is 38.2 Å². The summed E-state index contributed by atoms with van der Waals surface area (Å²) >= 11 is 0. The van der Waals surface area contributed by atoms with Crippen molar-refractivity contribution in [1.82, 2.24) is 20.3 Å². The molecular weight excluding hydrogens is 256 g/mol. The minimum atomic E-state index is -0.209. The molecule has 2 aromatic rings. The Morgan fingerprint density at radius 3 is 2.85 bits per heavy atom. The van der Waals surface area contributed by atoms with Crippen molar-refractivity contribution in [3.05, 3.63) is 23.8 Å². The van der Waals surface area contributed by atoms with Crippen LogP contribution in [-0.2, 0) is 7.05 Å². The Bertz CT molecular complexity index is 629. The van der Waals surface area contributed by atoms with Crippen LogP contribution in [0.3, 0.4) is 0 Å². The predicted molar refractivity (Wildman–Crippen MR) is 74.2 cm³/mol. The number of rotatable bonds is 2. The number of aliphatic hydroxyl groups is 1. The van der Waals surface area contributed by atoms with Crippen LogP contribution in [0.15, 0.2) is 18.2 Å². The average molecular weight is 274 g/mol. The van der Waals surface area contributed by atoms with Gasteiger partial charge in [-0.25, -0.2) is 4.68 Å². The van der Waals surface area contributed by atoms with Crippen molar-refractivity contribution in [2.45, 2.75) is 37.8 Å². The highest BCUT2D eigenvalue weighted by atomic mass is 16.3. The number of nitrogens with zero attached hydrogens (tertiary/aromatic N) is 3. The number of benzene rings is 1. The summed E-state index contributed by atoms with van der Waals surface area (Å²) in [6.45, 7) is 0. The third-order valence-electron chi connectivity index (χ3n) is 3.90. The van der Waals surface area contributed by atoms with Crippen molar-refractivity contribution >= 4 is 16.9 Å². The highest BCUT2D eigenvalue weighted by Gasteiger charge is 2.21. The smallest absolute Gasteiger partial charge is 0.251 e. The molecule has 1 heterocycles. The van der Waals surface area contributed by atoms with Gasteiger partial charge in [-0.05, 0) is 43.9 Å². The normalized spacial score (nSPS) is 22.9.